The Morgan fingerprint density at radius 3 is 2.26 bits per heavy atom. The number of aromatic nitrogens is 1. The molecule has 2 heterocycles. The first-order valence-electron chi connectivity index (χ1n) is 11.3. The molecule has 6 heteroatoms. The highest BCUT2D eigenvalue weighted by molar-refractivity contribution is 7.98. The van der Waals surface area contributed by atoms with E-state index in [9.17, 15) is 4.79 Å². The summed E-state index contributed by atoms with van der Waals surface area (Å²) < 4.78 is 8.77. The zero-order valence-electron chi connectivity index (χ0n) is 21.4. The SMILES string of the molecule is CC(C)(C)SNC(C)(CCC1CN(C=O)C(C)(C)C1)c1ccccn1.COC(C)(C)C. The van der Waals surface area contributed by atoms with Gasteiger partial charge >= 0.3 is 0 Å². The number of rotatable bonds is 7. The summed E-state index contributed by atoms with van der Waals surface area (Å²) in [4.78, 5) is 17.9. The summed E-state index contributed by atoms with van der Waals surface area (Å²) in [5.41, 5.74) is 0.913. The normalized spacial score (nSPS) is 20.6. The Balaban J connectivity index is 0.000000703. The van der Waals surface area contributed by atoms with Crippen molar-refractivity contribution in [1.29, 1.82) is 0 Å². The van der Waals surface area contributed by atoms with Crippen LogP contribution in [0.5, 0.6) is 0 Å². The number of nitrogens with zero attached hydrogens (tertiary/aromatic N) is 2. The van der Waals surface area contributed by atoms with Crippen LogP contribution in [0.3, 0.4) is 0 Å². The van der Waals surface area contributed by atoms with E-state index in [0.717, 1.165) is 37.9 Å². The van der Waals surface area contributed by atoms with Crippen molar-refractivity contribution in [2.24, 2.45) is 5.92 Å². The summed E-state index contributed by atoms with van der Waals surface area (Å²) in [7, 11) is 1.71. The standard InChI is InChI=1S/C20H33N3OS.C5H12O/c1-18(2,3)25-22-20(6,17-9-7-8-12-21-17)11-10-16-13-19(4,5)23(14-16)15-24;1-5(2,3)6-4/h7-9,12,15-16,22H,10-11,13-14H2,1-6H3;1-4H3. The molecule has 1 aliphatic rings. The van der Waals surface area contributed by atoms with Crippen molar-refractivity contribution in [2.45, 2.75) is 103 Å². The average Bonchev–Trinajstić information content (AvgIpc) is 2.98. The van der Waals surface area contributed by atoms with Gasteiger partial charge in [0.2, 0.25) is 6.41 Å². The zero-order valence-corrected chi connectivity index (χ0v) is 22.2. The molecule has 1 aliphatic heterocycles. The highest BCUT2D eigenvalue weighted by atomic mass is 32.2. The molecule has 2 rings (SSSR count). The fourth-order valence-corrected chi connectivity index (χ4v) is 4.21. The maximum absolute atomic E-state index is 11.3. The maximum atomic E-state index is 11.3. The Kier molecular flexibility index (Phi) is 10.0. The number of ether oxygens (including phenoxy) is 1. The Morgan fingerprint density at radius 2 is 1.84 bits per heavy atom. The van der Waals surface area contributed by atoms with Gasteiger partial charge in [0.1, 0.15) is 0 Å². The van der Waals surface area contributed by atoms with Crippen molar-refractivity contribution < 1.29 is 9.53 Å². The van der Waals surface area contributed by atoms with E-state index in [1.807, 2.05) is 37.9 Å². The first-order chi connectivity index (χ1) is 14.1. The van der Waals surface area contributed by atoms with Gasteiger partial charge in [-0.3, -0.25) is 14.5 Å². The molecule has 2 atom stereocenters. The van der Waals surface area contributed by atoms with E-state index >= 15 is 0 Å². The van der Waals surface area contributed by atoms with Crippen LogP contribution in [-0.4, -0.2) is 45.8 Å². The van der Waals surface area contributed by atoms with Crippen molar-refractivity contribution in [3.05, 3.63) is 30.1 Å². The van der Waals surface area contributed by atoms with Gasteiger partial charge in [0.25, 0.3) is 0 Å². The Labute approximate surface area is 195 Å². The molecule has 1 saturated heterocycles. The van der Waals surface area contributed by atoms with E-state index in [1.54, 1.807) is 19.1 Å². The predicted molar refractivity (Wildman–Crippen MR) is 133 cm³/mol. The average molecular weight is 452 g/mol. The second kappa shape index (κ2) is 11.2. The fourth-order valence-electron chi connectivity index (χ4n) is 3.47. The Bertz CT molecular complexity index is 668. The smallest absolute Gasteiger partial charge is 0.210 e. The molecular formula is C25H45N3O2S. The monoisotopic (exact) mass is 451 g/mol. The van der Waals surface area contributed by atoms with Crippen LogP contribution in [0.2, 0.25) is 0 Å². The molecule has 1 fully saturated rings. The molecule has 31 heavy (non-hydrogen) atoms. The van der Waals surface area contributed by atoms with Crippen LogP contribution in [0.4, 0.5) is 0 Å². The van der Waals surface area contributed by atoms with Crippen molar-refractivity contribution >= 4 is 18.4 Å². The lowest BCUT2D eigenvalue weighted by Crippen LogP contribution is -2.39. The largest absolute Gasteiger partial charge is 0.379 e. The van der Waals surface area contributed by atoms with E-state index < -0.39 is 0 Å². The van der Waals surface area contributed by atoms with E-state index in [1.165, 1.54) is 0 Å². The number of pyridine rings is 1. The van der Waals surface area contributed by atoms with Gasteiger partial charge in [-0.05, 0) is 99.6 Å². The molecule has 1 aromatic heterocycles. The fraction of sp³-hybridized carbons (Fsp3) is 0.760. The molecule has 178 valence electrons. The van der Waals surface area contributed by atoms with Crippen molar-refractivity contribution in [3.63, 3.8) is 0 Å². The highest BCUT2D eigenvalue weighted by Gasteiger charge is 2.39. The molecule has 0 aromatic carbocycles. The summed E-state index contributed by atoms with van der Waals surface area (Å²) >= 11 is 1.77. The first kappa shape index (κ1) is 27.9. The minimum Gasteiger partial charge on any atom is -0.379 e. The number of nitrogens with one attached hydrogen (secondary N) is 1. The van der Waals surface area contributed by atoms with Crippen LogP contribution >= 0.6 is 11.9 Å². The van der Waals surface area contributed by atoms with Gasteiger partial charge in [-0.2, -0.15) is 0 Å². The molecular weight excluding hydrogens is 406 g/mol. The molecule has 0 radical (unpaired) electrons. The van der Waals surface area contributed by atoms with Crippen LogP contribution in [0.25, 0.3) is 0 Å². The number of methoxy groups -OCH3 is 1. The van der Waals surface area contributed by atoms with E-state index in [-0.39, 0.29) is 21.4 Å². The van der Waals surface area contributed by atoms with Gasteiger partial charge in [-0.1, -0.05) is 18.0 Å². The number of carbonyl (C=O) groups excluding carboxylic acids is 1. The number of hydrogen-bond acceptors (Lipinski definition) is 5. The minimum absolute atomic E-state index is 0.0264. The van der Waals surface area contributed by atoms with Crippen molar-refractivity contribution in [3.8, 4) is 0 Å². The lowest BCUT2D eigenvalue weighted by Gasteiger charge is -2.34. The first-order valence-corrected chi connectivity index (χ1v) is 12.1. The lowest BCUT2D eigenvalue weighted by atomic mass is 9.86. The van der Waals surface area contributed by atoms with E-state index in [0.29, 0.717) is 5.92 Å². The Hall–Kier alpha value is -1.11. The van der Waals surface area contributed by atoms with Gasteiger partial charge < -0.3 is 9.64 Å². The summed E-state index contributed by atoms with van der Waals surface area (Å²) in [6, 6.07) is 6.12. The van der Waals surface area contributed by atoms with Crippen molar-refractivity contribution in [1.82, 2.24) is 14.6 Å². The lowest BCUT2D eigenvalue weighted by molar-refractivity contribution is -0.120. The van der Waals surface area contributed by atoms with Crippen molar-refractivity contribution in [2.75, 3.05) is 13.7 Å². The highest BCUT2D eigenvalue weighted by Crippen LogP contribution is 2.38. The molecule has 0 bridgehead atoms. The van der Waals surface area contributed by atoms with Crippen LogP contribution < -0.4 is 4.72 Å². The van der Waals surface area contributed by atoms with Crippen LogP contribution in [0, 0.1) is 5.92 Å². The molecule has 0 aliphatic carbocycles. The van der Waals surface area contributed by atoms with Crippen LogP contribution in [0.1, 0.15) is 87.3 Å². The quantitative estimate of drug-likeness (QED) is 0.419. The molecule has 2 unspecified atom stereocenters. The van der Waals surface area contributed by atoms with Gasteiger partial charge in [-0.15, -0.1) is 0 Å². The third-order valence-corrected chi connectivity index (χ3v) is 6.79. The summed E-state index contributed by atoms with van der Waals surface area (Å²) in [5, 5.41) is 0. The molecule has 0 spiro atoms. The minimum atomic E-state index is -0.183. The van der Waals surface area contributed by atoms with E-state index in [2.05, 4.69) is 63.4 Å². The third kappa shape index (κ3) is 9.92. The molecule has 1 aromatic rings. The summed E-state index contributed by atoms with van der Waals surface area (Å²) in [5.74, 6) is 0.546. The number of amides is 1. The maximum Gasteiger partial charge on any atom is 0.210 e. The van der Waals surface area contributed by atoms with Gasteiger partial charge in [0, 0.05) is 30.1 Å². The molecule has 1 N–H and O–H groups in total. The van der Waals surface area contributed by atoms with Gasteiger partial charge in [0.15, 0.2) is 0 Å². The second-order valence-electron chi connectivity index (χ2n) is 11.4. The zero-order chi connectivity index (χ0) is 23.9. The van der Waals surface area contributed by atoms with Crippen LogP contribution in [-0.2, 0) is 15.1 Å². The number of hydrogen-bond donors (Lipinski definition) is 1. The van der Waals surface area contributed by atoms with Gasteiger partial charge in [-0.25, -0.2) is 0 Å². The summed E-state index contributed by atoms with van der Waals surface area (Å²) in [6.07, 6.45) is 6.02. The number of carbonyl (C=O) groups is 1. The number of likely N-dealkylation sites (tertiary alicyclic amines) is 1. The Morgan fingerprint density at radius 1 is 1.23 bits per heavy atom. The topological polar surface area (TPSA) is 54.5 Å². The predicted octanol–water partition coefficient (Wildman–Crippen LogP) is 5.80. The van der Waals surface area contributed by atoms with Gasteiger partial charge in [0.05, 0.1) is 16.8 Å². The van der Waals surface area contributed by atoms with Crippen LogP contribution in [0.15, 0.2) is 24.4 Å². The molecule has 5 nitrogen and oxygen atoms in total. The summed E-state index contributed by atoms with van der Waals surface area (Å²) in [6.45, 7) is 20.1. The van der Waals surface area contributed by atoms with E-state index in [4.69, 9.17) is 4.74 Å². The molecule has 1 amide bonds. The third-order valence-electron chi connectivity index (χ3n) is 5.63. The molecule has 0 saturated carbocycles. The second-order valence-corrected chi connectivity index (χ2v) is 13.0.